The second-order valence-corrected chi connectivity index (χ2v) is 7.64. The van der Waals surface area contributed by atoms with Crippen LogP contribution in [0.2, 0.25) is 0 Å². The Hall–Kier alpha value is -1.84. The highest BCUT2D eigenvalue weighted by molar-refractivity contribution is 5.47. The minimum Gasteiger partial charge on any atom is -0.379 e. The summed E-state index contributed by atoms with van der Waals surface area (Å²) in [5, 5.41) is 3.71. The monoisotopic (exact) mass is 368 g/mol. The summed E-state index contributed by atoms with van der Waals surface area (Å²) in [6.07, 6.45) is 2.41. The van der Waals surface area contributed by atoms with Gasteiger partial charge in [-0.15, -0.1) is 0 Å². The molecule has 0 fully saturated rings. The molecule has 3 nitrogen and oxygen atoms in total. The molecule has 148 valence electrons. The highest BCUT2D eigenvalue weighted by Crippen LogP contribution is 2.17. The van der Waals surface area contributed by atoms with Crippen LogP contribution in [-0.2, 0) is 11.3 Å². The third kappa shape index (κ3) is 8.59. The molecule has 2 aromatic carbocycles. The van der Waals surface area contributed by atoms with E-state index in [1.807, 2.05) is 0 Å². The van der Waals surface area contributed by atoms with Crippen LogP contribution in [0.4, 0.5) is 5.69 Å². The number of rotatable bonds is 13. The minimum atomic E-state index is 0.319. The van der Waals surface area contributed by atoms with Crippen molar-refractivity contribution in [3.63, 3.8) is 0 Å². The first kappa shape index (κ1) is 21.5. The van der Waals surface area contributed by atoms with E-state index in [2.05, 4.69) is 91.7 Å². The summed E-state index contributed by atoms with van der Waals surface area (Å²) in [5.74, 6) is 0.566. The van der Waals surface area contributed by atoms with Crippen LogP contribution in [0.15, 0.2) is 60.7 Å². The van der Waals surface area contributed by atoms with Crippen molar-refractivity contribution in [3.05, 3.63) is 66.2 Å². The smallest absolute Gasteiger partial charge is 0.0637 e. The maximum absolute atomic E-state index is 5.99. The molecule has 1 unspecified atom stereocenters. The minimum absolute atomic E-state index is 0.319. The Morgan fingerprint density at radius 1 is 0.926 bits per heavy atom. The lowest BCUT2D eigenvalue weighted by Crippen LogP contribution is -2.44. The molecule has 0 bridgehead atoms. The predicted molar refractivity (Wildman–Crippen MR) is 116 cm³/mol. The van der Waals surface area contributed by atoms with Crippen LogP contribution in [0.25, 0.3) is 0 Å². The van der Waals surface area contributed by atoms with Crippen molar-refractivity contribution >= 4 is 5.69 Å². The summed E-state index contributed by atoms with van der Waals surface area (Å²) in [6.45, 7) is 11.1. The molecule has 0 heterocycles. The van der Waals surface area contributed by atoms with E-state index >= 15 is 0 Å². The molecule has 2 rings (SSSR count). The molecule has 0 aromatic heterocycles. The van der Waals surface area contributed by atoms with Gasteiger partial charge < -0.3 is 15.0 Å². The Kier molecular flexibility index (Phi) is 9.96. The fraction of sp³-hybridized carbons (Fsp3) is 0.500. The molecule has 0 saturated carbocycles. The second-order valence-electron chi connectivity index (χ2n) is 7.64. The third-order valence-electron chi connectivity index (χ3n) is 4.51. The Morgan fingerprint density at radius 2 is 1.59 bits per heavy atom. The van der Waals surface area contributed by atoms with Crippen LogP contribution in [0.3, 0.4) is 0 Å². The van der Waals surface area contributed by atoms with Crippen molar-refractivity contribution in [2.24, 2.45) is 5.92 Å². The summed E-state index contributed by atoms with van der Waals surface area (Å²) in [6, 6.07) is 21.7. The first-order valence-corrected chi connectivity index (χ1v) is 10.3. The zero-order valence-corrected chi connectivity index (χ0v) is 17.2. The van der Waals surface area contributed by atoms with Gasteiger partial charge in [-0.25, -0.2) is 0 Å². The van der Waals surface area contributed by atoms with Gasteiger partial charge in [0.1, 0.15) is 0 Å². The predicted octanol–water partition coefficient (Wildman–Crippen LogP) is 5.12. The Morgan fingerprint density at radius 3 is 2.22 bits per heavy atom. The van der Waals surface area contributed by atoms with E-state index in [0.29, 0.717) is 12.0 Å². The molecule has 3 heteroatoms. The van der Waals surface area contributed by atoms with Crippen LogP contribution in [0.1, 0.15) is 39.2 Å². The first-order valence-electron chi connectivity index (χ1n) is 10.3. The van der Waals surface area contributed by atoms with Gasteiger partial charge in [0, 0.05) is 31.4 Å². The summed E-state index contributed by atoms with van der Waals surface area (Å²) in [4.78, 5) is 2.46. The van der Waals surface area contributed by atoms with Crippen molar-refractivity contribution < 1.29 is 4.74 Å². The Balaban J connectivity index is 2.07. The molecule has 0 aliphatic carbocycles. The number of hydrogen-bond acceptors (Lipinski definition) is 3. The summed E-state index contributed by atoms with van der Waals surface area (Å²) >= 11 is 0. The zero-order chi connectivity index (χ0) is 19.3. The Bertz CT molecular complexity index is 600. The normalized spacial score (nSPS) is 12.3. The van der Waals surface area contributed by atoms with Crippen LogP contribution in [0.5, 0.6) is 0 Å². The molecule has 0 radical (unpaired) electrons. The highest BCUT2D eigenvalue weighted by Gasteiger charge is 2.15. The van der Waals surface area contributed by atoms with Crippen molar-refractivity contribution in [3.8, 4) is 0 Å². The standard InChI is InChI=1S/C24H36N2O/c1-4-5-16-25-23(20-27-19-21(2)3)18-26(24-14-10-7-11-15-24)17-22-12-8-6-9-13-22/h6-15,21,23,25H,4-5,16-20H2,1-3H3. The van der Waals surface area contributed by atoms with E-state index < -0.39 is 0 Å². The lowest BCUT2D eigenvalue weighted by molar-refractivity contribution is 0.0912. The topological polar surface area (TPSA) is 24.5 Å². The van der Waals surface area contributed by atoms with E-state index in [-0.39, 0.29) is 0 Å². The molecule has 2 aromatic rings. The van der Waals surface area contributed by atoms with E-state index in [1.165, 1.54) is 24.1 Å². The number of para-hydroxylation sites is 1. The number of ether oxygens (including phenoxy) is 1. The van der Waals surface area contributed by atoms with Crippen molar-refractivity contribution in [2.75, 3.05) is 31.2 Å². The number of nitrogens with one attached hydrogen (secondary N) is 1. The number of unbranched alkanes of at least 4 members (excludes halogenated alkanes) is 1. The lowest BCUT2D eigenvalue weighted by Gasteiger charge is -2.30. The van der Waals surface area contributed by atoms with Crippen molar-refractivity contribution in [1.82, 2.24) is 5.32 Å². The van der Waals surface area contributed by atoms with Crippen molar-refractivity contribution in [2.45, 2.75) is 46.2 Å². The van der Waals surface area contributed by atoms with Gasteiger partial charge in [0.15, 0.2) is 0 Å². The van der Waals surface area contributed by atoms with E-state index in [9.17, 15) is 0 Å². The fourth-order valence-electron chi connectivity index (χ4n) is 3.08. The molecule has 0 saturated heterocycles. The molecule has 27 heavy (non-hydrogen) atoms. The van der Waals surface area contributed by atoms with Crippen LogP contribution < -0.4 is 10.2 Å². The van der Waals surface area contributed by atoms with Gasteiger partial charge in [-0.2, -0.15) is 0 Å². The van der Waals surface area contributed by atoms with E-state index in [1.54, 1.807) is 0 Å². The summed E-state index contributed by atoms with van der Waals surface area (Å²) in [7, 11) is 0. The number of nitrogens with zero attached hydrogens (tertiary/aromatic N) is 1. The molecule has 0 aliphatic rings. The van der Waals surface area contributed by atoms with Gasteiger partial charge >= 0.3 is 0 Å². The van der Waals surface area contributed by atoms with Crippen LogP contribution in [-0.4, -0.2) is 32.3 Å². The second kappa shape index (κ2) is 12.5. The summed E-state index contributed by atoms with van der Waals surface area (Å²) < 4.78 is 5.99. The van der Waals surface area contributed by atoms with Crippen LogP contribution in [0, 0.1) is 5.92 Å². The largest absolute Gasteiger partial charge is 0.379 e. The first-order chi connectivity index (χ1) is 13.2. The average Bonchev–Trinajstić information content (AvgIpc) is 2.68. The SMILES string of the molecule is CCCCNC(COCC(C)C)CN(Cc1ccccc1)c1ccccc1. The van der Waals surface area contributed by atoms with E-state index in [0.717, 1.165) is 32.8 Å². The number of anilines is 1. The molecule has 0 amide bonds. The zero-order valence-electron chi connectivity index (χ0n) is 17.2. The molecule has 0 spiro atoms. The summed E-state index contributed by atoms with van der Waals surface area (Å²) in [5.41, 5.74) is 2.59. The molecule has 1 atom stereocenters. The molecular formula is C24H36N2O. The van der Waals surface area contributed by atoms with Gasteiger partial charge in [-0.05, 0) is 36.6 Å². The lowest BCUT2D eigenvalue weighted by atomic mass is 10.1. The van der Waals surface area contributed by atoms with Crippen LogP contribution >= 0.6 is 0 Å². The van der Waals surface area contributed by atoms with E-state index in [4.69, 9.17) is 4.74 Å². The van der Waals surface area contributed by atoms with Gasteiger partial charge in [-0.1, -0.05) is 75.7 Å². The van der Waals surface area contributed by atoms with Gasteiger partial charge in [0.05, 0.1) is 6.61 Å². The van der Waals surface area contributed by atoms with Gasteiger partial charge in [-0.3, -0.25) is 0 Å². The van der Waals surface area contributed by atoms with Gasteiger partial charge in [0.25, 0.3) is 0 Å². The quantitative estimate of drug-likeness (QED) is 0.496. The maximum Gasteiger partial charge on any atom is 0.0637 e. The Labute approximate surface area is 165 Å². The third-order valence-corrected chi connectivity index (χ3v) is 4.51. The fourth-order valence-corrected chi connectivity index (χ4v) is 3.08. The highest BCUT2D eigenvalue weighted by atomic mass is 16.5. The number of hydrogen-bond donors (Lipinski definition) is 1. The number of benzene rings is 2. The maximum atomic E-state index is 5.99. The molecular weight excluding hydrogens is 332 g/mol. The van der Waals surface area contributed by atoms with Gasteiger partial charge in [0.2, 0.25) is 0 Å². The molecule has 0 aliphatic heterocycles. The average molecular weight is 369 g/mol. The molecule has 1 N–H and O–H groups in total. The van der Waals surface area contributed by atoms with Crippen molar-refractivity contribution in [1.29, 1.82) is 0 Å².